The van der Waals surface area contributed by atoms with Crippen molar-refractivity contribution in [1.82, 2.24) is 4.72 Å². The number of halogens is 3. The molecule has 0 bridgehead atoms. The third-order valence-electron chi connectivity index (χ3n) is 2.78. The van der Waals surface area contributed by atoms with E-state index in [4.69, 9.17) is 0 Å². The van der Waals surface area contributed by atoms with Crippen molar-refractivity contribution in [1.29, 1.82) is 0 Å². The van der Waals surface area contributed by atoms with Gasteiger partial charge < -0.3 is 0 Å². The van der Waals surface area contributed by atoms with Crippen LogP contribution in [0.15, 0.2) is 46.0 Å². The number of hydrogen-bond donors (Lipinski definition) is 1. The van der Waals surface area contributed by atoms with Crippen molar-refractivity contribution in [3.8, 4) is 0 Å². The van der Waals surface area contributed by atoms with Crippen LogP contribution in [0.4, 0.5) is 13.2 Å². The van der Waals surface area contributed by atoms with E-state index in [-0.39, 0.29) is 11.4 Å². The van der Waals surface area contributed by atoms with Crippen LogP contribution in [0.1, 0.15) is 11.1 Å². The summed E-state index contributed by atoms with van der Waals surface area (Å²) in [6.07, 6.45) is -3.95. The van der Waals surface area contributed by atoms with Gasteiger partial charge in [-0.2, -0.15) is 24.5 Å². The lowest BCUT2D eigenvalue weighted by molar-refractivity contribution is -0.137. The summed E-state index contributed by atoms with van der Waals surface area (Å²) in [6, 6.07) is 5.31. The zero-order valence-electron chi connectivity index (χ0n) is 10.7. The van der Waals surface area contributed by atoms with Gasteiger partial charge in [0.2, 0.25) is 10.0 Å². The number of thiophene rings is 1. The van der Waals surface area contributed by atoms with Crippen molar-refractivity contribution in [3.05, 3.63) is 52.2 Å². The Labute approximate surface area is 124 Å². The minimum atomic E-state index is -4.48. The maximum atomic E-state index is 12.4. The summed E-state index contributed by atoms with van der Waals surface area (Å²) < 4.78 is 63.5. The van der Waals surface area contributed by atoms with Crippen LogP contribution in [0.2, 0.25) is 0 Å². The van der Waals surface area contributed by atoms with E-state index in [1.165, 1.54) is 11.3 Å². The highest BCUT2D eigenvalue weighted by molar-refractivity contribution is 7.89. The highest BCUT2D eigenvalue weighted by Gasteiger charge is 2.30. The first-order chi connectivity index (χ1) is 9.79. The van der Waals surface area contributed by atoms with Crippen LogP contribution >= 0.6 is 11.3 Å². The van der Waals surface area contributed by atoms with Crippen LogP contribution in [-0.2, 0) is 22.6 Å². The molecule has 0 radical (unpaired) electrons. The Morgan fingerprint density at radius 1 is 1.10 bits per heavy atom. The van der Waals surface area contributed by atoms with E-state index >= 15 is 0 Å². The predicted octanol–water partition coefficient (Wildman–Crippen LogP) is 3.29. The fourth-order valence-electron chi connectivity index (χ4n) is 1.67. The first-order valence-electron chi connectivity index (χ1n) is 5.97. The minimum absolute atomic E-state index is 0.180. The van der Waals surface area contributed by atoms with E-state index in [1.54, 1.807) is 0 Å². The molecule has 0 aliphatic carbocycles. The summed E-state index contributed by atoms with van der Waals surface area (Å²) in [4.78, 5) is -0.180. The summed E-state index contributed by atoms with van der Waals surface area (Å²) in [5, 5.41) is 3.80. The van der Waals surface area contributed by atoms with Gasteiger partial charge in [0.1, 0.15) is 0 Å². The van der Waals surface area contributed by atoms with Gasteiger partial charge in [0.15, 0.2) is 0 Å². The lowest BCUT2D eigenvalue weighted by atomic mass is 10.2. The molecule has 3 nitrogen and oxygen atoms in total. The Hall–Kier alpha value is -1.38. The number of sulfonamides is 1. The second kappa shape index (κ2) is 6.17. The standard InChI is InChI=1S/C13H12F3NO2S2/c14-13(15,16)11-1-3-12(4-2-11)21(18,19)17-7-5-10-6-8-20-9-10/h1-4,6,8-9,17H,5,7H2. The van der Waals surface area contributed by atoms with Crippen molar-refractivity contribution in [3.63, 3.8) is 0 Å². The molecular weight excluding hydrogens is 323 g/mol. The van der Waals surface area contributed by atoms with Gasteiger partial charge in [0.05, 0.1) is 10.5 Å². The molecule has 0 saturated carbocycles. The summed E-state index contributed by atoms with van der Waals surface area (Å²) in [6.45, 7) is 0.195. The van der Waals surface area contributed by atoms with Gasteiger partial charge >= 0.3 is 6.18 Å². The molecule has 0 amide bonds. The highest BCUT2D eigenvalue weighted by Crippen LogP contribution is 2.29. The first-order valence-corrected chi connectivity index (χ1v) is 8.40. The Morgan fingerprint density at radius 3 is 2.29 bits per heavy atom. The highest BCUT2D eigenvalue weighted by atomic mass is 32.2. The normalized spacial score (nSPS) is 12.5. The van der Waals surface area contributed by atoms with Crippen molar-refractivity contribution >= 4 is 21.4 Å². The van der Waals surface area contributed by atoms with Crippen molar-refractivity contribution in [2.75, 3.05) is 6.54 Å². The van der Waals surface area contributed by atoms with Gasteiger partial charge in [-0.1, -0.05) is 0 Å². The Kier molecular flexibility index (Phi) is 4.70. The molecule has 0 unspecified atom stereocenters. The monoisotopic (exact) mass is 335 g/mol. The molecule has 0 fully saturated rings. The Morgan fingerprint density at radius 2 is 1.76 bits per heavy atom. The maximum absolute atomic E-state index is 12.4. The number of hydrogen-bond acceptors (Lipinski definition) is 3. The lowest BCUT2D eigenvalue weighted by Crippen LogP contribution is -2.26. The van der Waals surface area contributed by atoms with E-state index in [9.17, 15) is 21.6 Å². The predicted molar refractivity (Wildman–Crippen MR) is 74.7 cm³/mol. The van der Waals surface area contributed by atoms with E-state index < -0.39 is 21.8 Å². The van der Waals surface area contributed by atoms with E-state index in [0.717, 1.165) is 29.8 Å². The zero-order valence-corrected chi connectivity index (χ0v) is 12.4. The summed E-state index contributed by atoms with van der Waals surface area (Å²) >= 11 is 1.51. The molecule has 1 N–H and O–H groups in total. The molecule has 0 spiro atoms. The average Bonchev–Trinajstić information content (AvgIpc) is 2.91. The van der Waals surface area contributed by atoms with Crippen LogP contribution in [0.5, 0.6) is 0 Å². The largest absolute Gasteiger partial charge is 0.416 e. The summed E-state index contributed by atoms with van der Waals surface area (Å²) in [7, 11) is -3.79. The summed E-state index contributed by atoms with van der Waals surface area (Å²) in [5.74, 6) is 0. The van der Waals surface area contributed by atoms with Crippen LogP contribution in [0.25, 0.3) is 0 Å². The van der Waals surface area contributed by atoms with Crippen molar-refractivity contribution in [2.24, 2.45) is 0 Å². The van der Waals surface area contributed by atoms with Gasteiger partial charge in [0.25, 0.3) is 0 Å². The number of rotatable bonds is 5. The van der Waals surface area contributed by atoms with Crippen molar-refractivity contribution in [2.45, 2.75) is 17.5 Å². The van der Waals surface area contributed by atoms with Crippen LogP contribution in [-0.4, -0.2) is 15.0 Å². The topological polar surface area (TPSA) is 46.2 Å². The first kappa shape index (κ1) is 16.0. The molecule has 1 aromatic carbocycles. The molecule has 8 heteroatoms. The molecule has 2 aromatic rings. The van der Waals surface area contributed by atoms with Gasteiger partial charge in [-0.15, -0.1) is 0 Å². The SMILES string of the molecule is O=S(=O)(NCCc1ccsc1)c1ccc(C(F)(F)F)cc1. The number of alkyl halides is 3. The van der Waals surface area contributed by atoms with Crippen LogP contribution < -0.4 is 4.72 Å². The van der Waals surface area contributed by atoms with Crippen LogP contribution in [0, 0.1) is 0 Å². The summed E-state index contributed by atoms with van der Waals surface area (Å²) in [5.41, 5.74) is 0.134. The fraction of sp³-hybridized carbons (Fsp3) is 0.231. The van der Waals surface area contributed by atoms with E-state index in [0.29, 0.717) is 6.42 Å². The molecule has 0 atom stereocenters. The van der Waals surface area contributed by atoms with E-state index in [1.807, 2.05) is 16.8 Å². The number of nitrogens with one attached hydrogen (secondary N) is 1. The second-order valence-corrected chi connectivity index (χ2v) is 6.85. The molecule has 21 heavy (non-hydrogen) atoms. The minimum Gasteiger partial charge on any atom is -0.211 e. The molecule has 1 aromatic heterocycles. The molecule has 2 rings (SSSR count). The molecule has 0 aliphatic heterocycles. The van der Waals surface area contributed by atoms with Crippen LogP contribution in [0.3, 0.4) is 0 Å². The fourth-order valence-corrected chi connectivity index (χ4v) is 3.41. The van der Waals surface area contributed by atoms with Gasteiger partial charge in [0, 0.05) is 6.54 Å². The Bertz CT molecular complexity index is 677. The van der Waals surface area contributed by atoms with Crippen molar-refractivity contribution < 1.29 is 21.6 Å². The molecule has 114 valence electrons. The van der Waals surface area contributed by atoms with Gasteiger partial charge in [-0.3, -0.25) is 0 Å². The maximum Gasteiger partial charge on any atom is 0.416 e. The second-order valence-electron chi connectivity index (χ2n) is 4.30. The number of benzene rings is 1. The molecular formula is C13H12F3NO2S2. The van der Waals surface area contributed by atoms with Gasteiger partial charge in [-0.05, 0) is 53.1 Å². The smallest absolute Gasteiger partial charge is 0.211 e. The molecule has 0 saturated heterocycles. The van der Waals surface area contributed by atoms with E-state index in [2.05, 4.69) is 4.72 Å². The third kappa shape index (κ3) is 4.29. The molecule has 0 aliphatic rings. The molecule has 1 heterocycles. The quantitative estimate of drug-likeness (QED) is 0.911. The Balaban J connectivity index is 2.02. The van der Waals surface area contributed by atoms with Gasteiger partial charge in [-0.25, -0.2) is 13.1 Å². The zero-order chi connectivity index (χ0) is 15.5. The third-order valence-corrected chi connectivity index (χ3v) is 4.99. The average molecular weight is 335 g/mol. The lowest BCUT2D eigenvalue weighted by Gasteiger charge is -2.09.